The minimum atomic E-state index is 0.232. The molecule has 0 unspecified atom stereocenters. The predicted molar refractivity (Wildman–Crippen MR) is 90.4 cm³/mol. The summed E-state index contributed by atoms with van der Waals surface area (Å²) in [6, 6.07) is 8.61. The van der Waals surface area contributed by atoms with E-state index in [1.54, 1.807) is 11.3 Å². The van der Waals surface area contributed by atoms with Crippen LogP contribution in [0, 0.1) is 5.92 Å². The first kappa shape index (κ1) is 13.3. The molecule has 0 bridgehead atoms. The number of hydrogen-bond donors (Lipinski definition) is 0. The quantitative estimate of drug-likeness (QED) is 0.777. The summed E-state index contributed by atoms with van der Waals surface area (Å²) in [6.07, 6.45) is 7.90. The third kappa shape index (κ3) is 2.28. The Morgan fingerprint density at radius 3 is 2.81 bits per heavy atom. The first-order valence-corrected chi connectivity index (χ1v) is 9.00. The zero-order valence-electron chi connectivity index (χ0n) is 12.3. The monoisotopic (exact) mass is 299 g/mol. The molecule has 4 rings (SSSR count). The summed E-state index contributed by atoms with van der Waals surface area (Å²) in [5.41, 5.74) is 1.19. The number of hydrogen-bond acceptors (Lipinski definition) is 3. The Hall–Kier alpha value is -1.35. The van der Waals surface area contributed by atoms with Gasteiger partial charge in [-0.3, -0.25) is 4.79 Å². The molecule has 0 spiro atoms. The van der Waals surface area contributed by atoms with E-state index in [4.69, 9.17) is 0 Å². The van der Waals surface area contributed by atoms with E-state index in [0.717, 1.165) is 28.2 Å². The van der Waals surface area contributed by atoms with Crippen molar-refractivity contribution in [3.63, 3.8) is 0 Å². The first-order valence-electron chi connectivity index (χ1n) is 8.12. The SMILES string of the molecule is O=c1c(N2CCC[C@H]3CCCC[C@@H]32)csc2ccccc12. The van der Waals surface area contributed by atoms with Crippen molar-refractivity contribution in [1.82, 2.24) is 0 Å². The number of fused-ring (bicyclic) bond motifs is 2. The molecule has 3 heteroatoms. The zero-order chi connectivity index (χ0) is 14.2. The molecule has 2 heterocycles. The van der Waals surface area contributed by atoms with Crippen LogP contribution < -0.4 is 10.3 Å². The molecule has 1 aliphatic heterocycles. The minimum absolute atomic E-state index is 0.232. The van der Waals surface area contributed by atoms with Gasteiger partial charge in [0.15, 0.2) is 0 Å². The molecule has 0 radical (unpaired) electrons. The molecule has 1 saturated carbocycles. The summed E-state index contributed by atoms with van der Waals surface area (Å²) < 4.78 is 1.10. The summed E-state index contributed by atoms with van der Waals surface area (Å²) >= 11 is 1.71. The normalized spacial score (nSPS) is 25.8. The maximum Gasteiger partial charge on any atom is 0.211 e. The van der Waals surface area contributed by atoms with E-state index in [-0.39, 0.29) is 5.43 Å². The highest BCUT2D eigenvalue weighted by molar-refractivity contribution is 7.16. The number of anilines is 1. The second-order valence-electron chi connectivity index (χ2n) is 6.39. The molecule has 2 aliphatic rings. The van der Waals surface area contributed by atoms with Crippen molar-refractivity contribution in [2.75, 3.05) is 11.4 Å². The van der Waals surface area contributed by atoms with Crippen LogP contribution in [0.25, 0.3) is 10.1 Å². The fraction of sp³-hybridized carbons (Fsp3) is 0.500. The lowest BCUT2D eigenvalue weighted by atomic mass is 9.78. The molecule has 2 nitrogen and oxygen atoms in total. The zero-order valence-corrected chi connectivity index (χ0v) is 13.1. The van der Waals surface area contributed by atoms with E-state index in [1.165, 1.54) is 38.5 Å². The van der Waals surface area contributed by atoms with Gasteiger partial charge < -0.3 is 4.90 Å². The van der Waals surface area contributed by atoms with Gasteiger partial charge in [0.2, 0.25) is 5.43 Å². The molecular weight excluding hydrogens is 278 g/mol. The summed E-state index contributed by atoms with van der Waals surface area (Å²) in [5.74, 6) is 0.809. The van der Waals surface area contributed by atoms with Gasteiger partial charge >= 0.3 is 0 Å². The maximum atomic E-state index is 12.9. The Bertz CT molecular complexity index is 706. The first-order chi connectivity index (χ1) is 10.3. The molecule has 2 aromatic rings. The third-order valence-corrected chi connectivity index (χ3v) is 6.17. The van der Waals surface area contributed by atoms with E-state index in [0.29, 0.717) is 6.04 Å². The summed E-state index contributed by atoms with van der Waals surface area (Å²) in [4.78, 5) is 15.3. The fourth-order valence-corrected chi connectivity index (χ4v) is 5.12. The van der Waals surface area contributed by atoms with Crippen LogP contribution in [0.3, 0.4) is 0 Å². The molecular formula is C18H21NOS. The van der Waals surface area contributed by atoms with Gasteiger partial charge in [0.1, 0.15) is 0 Å². The lowest BCUT2D eigenvalue weighted by Crippen LogP contribution is -2.48. The van der Waals surface area contributed by atoms with Crippen molar-refractivity contribution < 1.29 is 0 Å². The van der Waals surface area contributed by atoms with Crippen LogP contribution in [0.4, 0.5) is 5.69 Å². The predicted octanol–water partition coefficient (Wildman–Crippen LogP) is 4.42. The van der Waals surface area contributed by atoms with Crippen LogP contribution in [0.2, 0.25) is 0 Å². The Kier molecular flexibility index (Phi) is 3.46. The largest absolute Gasteiger partial charge is 0.364 e. The summed E-state index contributed by atoms with van der Waals surface area (Å²) in [5, 5.41) is 2.99. The number of rotatable bonds is 1. The van der Waals surface area contributed by atoms with Gasteiger partial charge in [-0.05, 0) is 43.7 Å². The van der Waals surface area contributed by atoms with Crippen molar-refractivity contribution in [3.8, 4) is 0 Å². The fourth-order valence-electron chi connectivity index (χ4n) is 4.19. The highest BCUT2D eigenvalue weighted by atomic mass is 32.1. The van der Waals surface area contributed by atoms with Crippen LogP contribution in [0.5, 0.6) is 0 Å². The molecule has 1 saturated heterocycles. The van der Waals surface area contributed by atoms with Crippen molar-refractivity contribution in [2.45, 2.75) is 44.6 Å². The lowest BCUT2D eigenvalue weighted by Gasteiger charge is -2.45. The van der Waals surface area contributed by atoms with Gasteiger partial charge in [-0.1, -0.05) is 25.0 Å². The molecule has 0 N–H and O–H groups in total. The highest BCUT2D eigenvalue weighted by Gasteiger charge is 2.34. The smallest absolute Gasteiger partial charge is 0.211 e. The van der Waals surface area contributed by atoms with Crippen LogP contribution in [0.1, 0.15) is 38.5 Å². The van der Waals surface area contributed by atoms with Gasteiger partial charge in [-0.25, -0.2) is 0 Å². The Morgan fingerprint density at radius 2 is 1.86 bits per heavy atom. The molecule has 21 heavy (non-hydrogen) atoms. The maximum absolute atomic E-state index is 12.9. The van der Waals surface area contributed by atoms with Crippen molar-refractivity contribution in [1.29, 1.82) is 0 Å². The van der Waals surface area contributed by atoms with Crippen LogP contribution in [0.15, 0.2) is 34.4 Å². The molecule has 110 valence electrons. The average molecular weight is 299 g/mol. The minimum Gasteiger partial charge on any atom is -0.364 e. The van der Waals surface area contributed by atoms with Crippen LogP contribution >= 0.6 is 11.3 Å². The van der Waals surface area contributed by atoms with Gasteiger partial charge in [0.05, 0.1) is 5.69 Å². The average Bonchev–Trinajstić information content (AvgIpc) is 2.55. The number of benzene rings is 1. The van der Waals surface area contributed by atoms with Crippen molar-refractivity contribution >= 4 is 27.1 Å². The Labute approximate surface area is 129 Å². The van der Waals surface area contributed by atoms with Gasteiger partial charge in [0.25, 0.3) is 0 Å². The molecule has 1 aliphatic carbocycles. The molecule has 2 atom stereocenters. The van der Waals surface area contributed by atoms with E-state index in [2.05, 4.69) is 10.3 Å². The Morgan fingerprint density at radius 1 is 1.05 bits per heavy atom. The van der Waals surface area contributed by atoms with E-state index < -0.39 is 0 Å². The summed E-state index contributed by atoms with van der Waals surface area (Å²) in [7, 11) is 0. The van der Waals surface area contributed by atoms with Crippen molar-refractivity contribution in [3.05, 3.63) is 39.9 Å². The van der Waals surface area contributed by atoms with Gasteiger partial charge in [-0.15, -0.1) is 11.3 Å². The second kappa shape index (κ2) is 5.45. The molecule has 1 aromatic heterocycles. The van der Waals surface area contributed by atoms with E-state index >= 15 is 0 Å². The highest BCUT2D eigenvalue weighted by Crippen LogP contribution is 2.37. The molecule has 2 fully saturated rings. The van der Waals surface area contributed by atoms with E-state index in [9.17, 15) is 4.79 Å². The lowest BCUT2D eigenvalue weighted by molar-refractivity contribution is 0.243. The topological polar surface area (TPSA) is 20.3 Å². The van der Waals surface area contributed by atoms with Crippen LogP contribution in [-0.4, -0.2) is 12.6 Å². The summed E-state index contributed by atoms with van der Waals surface area (Å²) in [6.45, 7) is 1.06. The van der Waals surface area contributed by atoms with Crippen LogP contribution in [-0.2, 0) is 0 Å². The number of piperidine rings is 1. The standard InChI is InChI=1S/C18H21NOS/c20-18-14-8-2-4-10-17(14)21-12-16(18)19-11-5-7-13-6-1-3-9-15(13)19/h2,4,8,10,12-13,15H,1,3,5-7,9,11H2/t13-,15+/m1/s1. The number of nitrogens with zero attached hydrogens (tertiary/aromatic N) is 1. The Balaban J connectivity index is 1.78. The van der Waals surface area contributed by atoms with E-state index in [1.807, 2.05) is 24.3 Å². The third-order valence-electron chi connectivity index (χ3n) is 5.21. The van der Waals surface area contributed by atoms with Gasteiger partial charge in [-0.2, -0.15) is 0 Å². The molecule has 0 amide bonds. The molecule has 1 aromatic carbocycles. The van der Waals surface area contributed by atoms with Crippen molar-refractivity contribution in [2.24, 2.45) is 5.92 Å². The second-order valence-corrected chi connectivity index (χ2v) is 7.30. The van der Waals surface area contributed by atoms with Gasteiger partial charge in [0, 0.05) is 28.1 Å².